The highest BCUT2D eigenvalue weighted by molar-refractivity contribution is 9.10. The lowest BCUT2D eigenvalue weighted by atomic mass is 9.81. The van der Waals surface area contributed by atoms with Gasteiger partial charge in [0, 0.05) is 8.95 Å². The summed E-state index contributed by atoms with van der Waals surface area (Å²) >= 11 is 7.28. The largest absolute Gasteiger partial charge is 0.0622 e. The van der Waals surface area contributed by atoms with E-state index in [1.54, 1.807) is 0 Å². The van der Waals surface area contributed by atoms with Gasteiger partial charge in [0.05, 0.1) is 0 Å². The number of fused-ring (bicyclic) bond motifs is 6. The predicted molar refractivity (Wildman–Crippen MR) is 196 cm³/mol. The first-order valence-electron chi connectivity index (χ1n) is 14.7. The molecule has 0 aromatic heterocycles. The zero-order chi connectivity index (χ0) is 29.6. The Labute approximate surface area is 273 Å². The molecule has 8 aromatic rings. The van der Waals surface area contributed by atoms with E-state index in [0.717, 1.165) is 8.95 Å². The van der Waals surface area contributed by atoms with Crippen LogP contribution in [0.25, 0.3) is 76.8 Å². The standard InChI is InChI=1S/C42H26Br2/c43-32-20-15-27(16-21-32)31-19-24-35-38(25-31)34-13-7-8-14-36(34)42-39(35)26-37(28-9-3-1-4-10-28)40(29-11-5-2-6-12-29)41(42)30-17-22-33(44)23-18-30/h1-26H. The molecule has 44 heavy (non-hydrogen) atoms. The lowest BCUT2D eigenvalue weighted by molar-refractivity contribution is 1.58. The highest BCUT2D eigenvalue weighted by atomic mass is 79.9. The van der Waals surface area contributed by atoms with Gasteiger partial charge in [-0.15, -0.1) is 0 Å². The Bertz CT molecular complexity index is 2300. The van der Waals surface area contributed by atoms with Crippen molar-refractivity contribution in [1.82, 2.24) is 0 Å². The number of hydrogen-bond donors (Lipinski definition) is 0. The van der Waals surface area contributed by atoms with Gasteiger partial charge in [-0.3, -0.25) is 0 Å². The van der Waals surface area contributed by atoms with Crippen LogP contribution in [0, 0.1) is 0 Å². The normalized spacial score (nSPS) is 11.4. The minimum Gasteiger partial charge on any atom is -0.0622 e. The molecular formula is C42H26Br2. The lowest BCUT2D eigenvalue weighted by Gasteiger charge is -2.22. The quantitative estimate of drug-likeness (QED) is 0.161. The highest BCUT2D eigenvalue weighted by Gasteiger charge is 2.22. The number of hydrogen-bond acceptors (Lipinski definition) is 0. The SMILES string of the molecule is Brc1ccc(-c2ccc3c(c2)c2ccccc2c2c(-c4ccc(Br)cc4)c(-c4ccccc4)c(-c4ccccc4)cc32)cc1. The molecule has 8 aromatic carbocycles. The zero-order valence-electron chi connectivity index (χ0n) is 23.8. The van der Waals surface area contributed by atoms with E-state index in [0.29, 0.717) is 0 Å². The van der Waals surface area contributed by atoms with Crippen LogP contribution in [0.2, 0.25) is 0 Å². The van der Waals surface area contributed by atoms with Crippen LogP contribution in [0.3, 0.4) is 0 Å². The molecule has 0 amide bonds. The van der Waals surface area contributed by atoms with E-state index < -0.39 is 0 Å². The van der Waals surface area contributed by atoms with Gasteiger partial charge >= 0.3 is 0 Å². The van der Waals surface area contributed by atoms with Crippen LogP contribution in [-0.2, 0) is 0 Å². The minimum atomic E-state index is 1.07. The Morgan fingerprint density at radius 1 is 0.295 bits per heavy atom. The molecule has 0 saturated heterocycles. The molecule has 0 heterocycles. The summed E-state index contributed by atoms with van der Waals surface area (Å²) in [5.41, 5.74) is 9.78. The van der Waals surface area contributed by atoms with Gasteiger partial charge in [-0.05, 0) is 113 Å². The second kappa shape index (κ2) is 11.2. The molecule has 0 aliphatic heterocycles. The molecule has 0 aliphatic carbocycles. The summed E-state index contributed by atoms with van der Waals surface area (Å²) in [5.74, 6) is 0. The fraction of sp³-hybridized carbons (Fsp3) is 0. The van der Waals surface area contributed by atoms with Crippen LogP contribution in [0.4, 0.5) is 0 Å². The van der Waals surface area contributed by atoms with Crippen LogP contribution in [0.1, 0.15) is 0 Å². The fourth-order valence-corrected chi connectivity index (χ4v) is 7.12. The van der Waals surface area contributed by atoms with Gasteiger partial charge < -0.3 is 0 Å². The van der Waals surface area contributed by atoms with Crippen molar-refractivity contribution in [3.8, 4) is 44.5 Å². The molecule has 0 radical (unpaired) electrons. The van der Waals surface area contributed by atoms with Crippen LogP contribution >= 0.6 is 31.9 Å². The van der Waals surface area contributed by atoms with Crippen molar-refractivity contribution in [3.05, 3.63) is 167 Å². The Hall–Kier alpha value is -4.50. The summed E-state index contributed by atoms with van der Waals surface area (Å²) in [6.45, 7) is 0. The van der Waals surface area contributed by atoms with E-state index >= 15 is 0 Å². The van der Waals surface area contributed by atoms with Gasteiger partial charge in [0.15, 0.2) is 0 Å². The monoisotopic (exact) mass is 688 g/mol. The zero-order valence-corrected chi connectivity index (χ0v) is 26.9. The van der Waals surface area contributed by atoms with Crippen molar-refractivity contribution in [2.45, 2.75) is 0 Å². The van der Waals surface area contributed by atoms with Gasteiger partial charge in [-0.1, -0.05) is 153 Å². The van der Waals surface area contributed by atoms with Crippen molar-refractivity contribution >= 4 is 64.2 Å². The van der Waals surface area contributed by atoms with Crippen molar-refractivity contribution in [2.24, 2.45) is 0 Å². The molecule has 0 spiro atoms. The van der Waals surface area contributed by atoms with Gasteiger partial charge in [-0.2, -0.15) is 0 Å². The highest BCUT2D eigenvalue weighted by Crippen LogP contribution is 2.49. The molecule has 0 aliphatic rings. The fourth-order valence-electron chi connectivity index (χ4n) is 6.59. The van der Waals surface area contributed by atoms with E-state index in [1.165, 1.54) is 76.8 Å². The summed E-state index contributed by atoms with van der Waals surface area (Å²) in [7, 11) is 0. The van der Waals surface area contributed by atoms with Crippen molar-refractivity contribution in [2.75, 3.05) is 0 Å². The molecule has 0 bridgehead atoms. The molecule has 208 valence electrons. The van der Waals surface area contributed by atoms with Crippen LogP contribution in [0.15, 0.2) is 167 Å². The lowest BCUT2D eigenvalue weighted by Crippen LogP contribution is -1.95. The summed E-state index contributed by atoms with van der Waals surface area (Å²) in [5, 5.41) is 7.59. The van der Waals surface area contributed by atoms with Crippen LogP contribution in [0.5, 0.6) is 0 Å². The summed E-state index contributed by atoms with van der Waals surface area (Å²) < 4.78 is 2.16. The van der Waals surface area contributed by atoms with E-state index in [4.69, 9.17) is 0 Å². The third kappa shape index (κ3) is 4.66. The molecular weight excluding hydrogens is 664 g/mol. The number of halogens is 2. The number of rotatable bonds is 4. The molecule has 8 rings (SSSR count). The van der Waals surface area contributed by atoms with Gasteiger partial charge in [0.25, 0.3) is 0 Å². The molecule has 0 fully saturated rings. The molecule has 0 unspecified atom stereocenters. The first-order chi connectivity index (χ1) is 21.7. The number of benzene rings is 8. The molecule has 0 atom stereocenters. The first-order valence-corrected chi connectivity index (χ1v) is 16.3. The second-order valence-corrected chi connectivity index (χ2v) is 13.0. The van der Waals surface area contributed by atoms with Crippen molar-refractivity contribution in [3.63, 3.8) is 0 Å². The summed E-state index contributed by atoms with van der Waals surface area (Å²) in [6.07, 6.45) is 0. The van der Waals surface area contributed by atoms with Crippen molar-refractivity contribution < 1.29 is 0 Å². The molecule has 2 heteroatoms. The average molecular weight is 690 g/mol. The molecule has 0 saturated carbocycles. The van der Waals surface area contributed by atoms with Crippen LogP contribution in [-0.4, -0.2) is 0 Å². The third-order valence-corrected chi connectivity index (χ3v) is 9.64. The topological polar surface area (TPSA) is 0 Å². The van der Waals surface area contributed by atoms with E-state index in [9.17, 15) is 0 Å². The maximum absolute atomic E-state index is 3.68. The Morgan fingerprint density at radius 2 is 0.795 bits per heavy atom. The Balaban J connectivity index is 1.59. The smallest absolute Gasteiger partial charge is 0.0175 e. The van der Waals surface area contributed by atoms with E-state index in [2.05, 4.69) is 190 Å². The maximum atomic E-state index is 3.68. The molecule has 0 N–H and O–H groups in total. The Kier molecular flexibility index (Phi) is 6.90. The van der Waals surface area contributed by atoms with Crippen LogP contribution < -0.4 is 0 Å². The van der Waals surface area contributed by atoms with Crippen molar-refractivity contribution in [1.29, 1.82) is 0 Å². The van der Waals surface area contributed by atoms with E-state index in [-0.39, 0.29) is 0 Å². The maximum Gasteiger partial charge on any atom is 0.0175 e. The average Bonchev–Trinajstić information content (AvgIpc) is 3.09. The van der Waals surface area contributed by atoms with E-state index in [1.807, 2.05) is 0 Å². The first kappa shape index (κ1) is 27.1. The van der Waals surface area contributed by atoms with Gasteiger partial charge in [-0.25, -0.2) is 0 Å². The predicted octanol–water partition coefficient (Wildman–Crippen LogP) is 13.3. The summed E-state index contributed by atoms with van der Waals surface area (Å²) in [4.78, 5) is 0. The molecule has 0 nitrogen and oxygen atoms in total. The second-order valence-electron chi connectivity index (χ2n) is 11.1. The Morgan fingerprint density at radius 3 is 1.45 bits per heavy atom. The van der Waals surface area contributed by atoms with Gasteiger partial charge in [0.2, 0.25) is 0 Å². The summed E-state index contributed by atoms with van der Waals surface area (Å²) in [6, 6.07) is 57.4. The van der Waals surface area contributed by atoms with Gasteiger partial charge in [0.1, 0.15) is 0 Å². The third-order valence-electron chi connectivity index (χ3n) is 8.58. The minimum absolute atomic E-state index is 1.07.